The predicted octanol–water partition coefficient (Wildman–Crippen LogP) is 3.57. The van der Waals surface area contributed by atoms with Gasteiger partial charge in [0.25, 0.3) is 0 Å². The van der Waals surface area contributed by atoms with Crippen molar-refractivity contribution in [3.8, 4) is 22.8 Å². The third kappa shape index (κ3) is 3.16. The van der Waals surface area contributed by atoms with E-state index in [1.54, 1.807) is 30.3 Å². The molecular weight excluding hydrogens is 329 g/mol. The average Bonchev–Trinajstić information content (AvgIpc) is 3.29. The lowest BCUT2D eigenvalue weighted by Gasteiger charge is -2.03. The second-order valence-corrected chi connectivity index (χ2v) is 5.27. The highest BCUT2D eigenvalue weighted by atomic mass is 19.1. The van der Waals surface area contributed by atoms with Gasteiger partial charge in [-0.15, -0.1) is 0 Å². The van der Waals surface area contributed by atoms with Gasteiger partial charge in [0.1, 0.15) is 5.82 Å². The lowest BCUT2D eigenvalue weighted by Crippen LogP contribution is -2.05. The Kier molecular flexibility index (Phi) is 3.81. The number of oxazole rings is 1. The molecular formula is C18H12FNO5. The number of aromatic nitrogens is 1. The fourth-order valence-electron chi connectivity index (χ4n) is 2.36. The molecule has 0 fully saturated rings. The summed E-state index contributed by atoms with van der Waals surface area (Å²) in [7, 11) is 0. The van der Waals surface area contributed by atoms with E-state index in [0.717, 1.165) is 0 Å². The lowest BCUT2D eigenvalue weighted by molar-refractivity contribution is 0.0438. The van der Waals surface area contributed by atoms with E-state index < -0.39 is 5.97 Å². The largest absolute Gasteiger partial charge is 0.454 e. The number of hydrogen-bond donors (Lipinski definition) is 0. The van der Waals surface area contributed by atoms with Gasteiger partial charge in [-0.1, -0.05) is 0 Å². The Bertz CT molecular complexity index is 919. The van der Waals surface area contributed by atoms with E-state index in [1.807, 2.05) is 0 Å². The highest BCUT2D eigenvalue weighted by Gasteiger charge is 2.17. The maximum Gasteiger partial charge on any atom is 0.338 e. The number of fused-ring (bicyclic) bond motifs is 1. The van der Waals surface area contributed by atoms with Crippen molar-refractivity contribution < 1.29 is 27.8 Å². The van der Waals surface area contributed by atoms with Crippen LogP contribution in [-0.2, 0) is 11.3 Å². The van der Waals surface area contributed by atoms with E-state index in [-0.39, 0.29) is 25.1 Å². The lowest BCUT2D eigenvalue weighted by atomic mass is 10.2. The van der Waals surface area contributed by atoms with Crippen LogP contribution in [0.5, 0.6) is 11.5 Å². The van der Waals surface area contributed by atoms with Crippen LogP contribution in [0.15, 0.2) is 53.1 Å². The zero-order valence-corrected chi connectivity index (χ0v) is 12.9. The van der Waals surface area contributed by atoms with Gasteiger partial charge in [-0.3, -0.25) is 0 Å². The highest BCUT2D eigenvalue weighted by Crippen LogP contribution is 2.32. The Hall–Kier alpha value is -3.35. The van der Waals surface area contributed by atoms with Crippen molar-refractivity contribution in [2.24, 2.45) is 0 Å². The number of carbonyl (C=O) groups excluding carboxylic acids is 1. The normalized spacial score (nSPS) is 12.2. The minimum absolute atomic E-state index is 0.117. The molecule has 0 aliphatic carbocycles. The number of nitrogens with zero attached hydrogens (tertiary/aromatic N) is 1. The molecule has 6 nitrogen and oxygen atoms in total. The summed E-state index contributed by atoms with van der Waals surface area (Å²) >= 11 is 0. The first-order chi connectivity index (χ1) is 12.2. The number of rotatable bonds is 4. The number of carbonyl (C=O) groups is 1. The molecule has 7 heteroatoms. The number of hydrogen-bond acceptors (Lipinski definition) is 6. The Morgan fingerprint density at radius 1 is 1.12 bits per heavy atom. The van der Waals surface area contributed by atoms with Crippen molar-refractivity contribution in [2.75, 3.05) is 6.79 Å². The van der Waals surface area contributed by atoms with Gasteiger partial charge in [-0.05, 0) is 42.5 Å². The molecule has 1 aromatic heterocycles. The first-order valence-electron chi connectivity index (χ1n) is 7.46. The van der Waals surface area contributed by atoms with Crippen LogP contribution >= 0.6 is 0 Å². The molecule has 2 heterocycles. The summed E-state index contributed by atoms with van der Waals surface area (Å²) in [6.45, 7) is 0.0186. The van der Waals surface area contributed by atoms with Crippen LogP contribution in [0.4, 0.5) is 4.39 Å². The molecule has 0 radical (unpaired) electrons. The quantitative estimate of drug-likeness (QED) is 0.676. The Labute approximate surface area is 141 Å². The zero-order chi connectivity index (χ0) is 17.2. The number of benzene rings is 2. The summed E-state index contributed by atoms with van der Waals surface area (Å²) in [5.41, 5.74) is 1.02. The Morgan fingerprint density at radius 3 is 2.76 bits per heavy atom. The molecule has 0 unspecified atom stereocenters. The number of esters is 1. The second-order valence-electron chi connectivity index (χ2n) is 5.27. The molecule has 0 amide bonds. The molecule has 0 bridgehead atoms. The molecule has 3 aromatic rings. The summed E-state index contributed by atoms with van der Waals surface area (Å²) in [6.07, 6.45) is 1.50. The van der Waals surface area contributed by atoms with Gasteiger partial charge in [-0.25, -0.2) is 14.2 Å². The average molecular weight is 341 g/mol. The standard InChI is InChI=1S/C18H12FNO5/c19-13-4-1-11(2-5-13)16-8-20-17(25-16)9-22-18(21)12-3-6-14-15(7-12)24-10-23-14/h1-8H,9-10H2. The van der Waals surface area contributed by atoms with Crippen LogP contribution in [0.25, 0.3) is 11.3 Å². The first kappa shape index (κ1) is 15.2. The highest BCUT2D eigenvalue weighted by molar-refractivity contribution is 5.90. The van der Waals surface area contributed by atoms with E-state index in [1.165, 1.54) is 18.3 Å². The molecule has 0 saturated carbocycles. The molecule has 2 aromatic carbocycles. The summed E-state index contributed by atoms with van der Waals surface area (Å²) < 4.78 is 34.1. The molecule has 4 rings (SSSR count). The van der Waals surface area contributed by atoms with Crippen molar-refractivity contribution in [3.63, 3.8) is 0 Å². The van der Waals surface area contributed by atoms with Crippen LogP contribution < -0.4 is 9.47 Å². The topological polar surface area (TPSA) is 70.8 Å². The Morgan fingerprint density at radius 2 is 1.92 bits per heavy atom. The molecule has 0 N–H and O–H groups in total. The van der Waals surface area contributed by atoms with Crippen LogP contribution in [0, 0.1) is 5.82 Å². The fraction of sp³-hybridized carbons (Fsp3) is 0.111. The van der Waals surface area contributed by atoms with Gasteiger partial charge in [0.15, 0.2) is 23.9 Å². The molecule has 0 atom stereocenters. The van der Waals surface area contributed by atoms with E-state index >= 15 is 0 Å². The molecule has 0 saturated heterocycles. The smallest absolute Gasteiger partial charge is 0.338 e. The third-order valence-electron chi connectivity index (χ3n) is 3.62. The SMILES string of the molecule is O=C(OCc1ncc(-c2ccc(F)cc2)o1)c1ccc2c(c1)OCO2. The van der Waals surface area contributed by atoms with E-state index in [9.17, 15) is 9.18 Å². The minimum Gasteiger partial charge on any atom is -0.454 e. The summed E-state index contributed by atoms with van der Waals surface area (Å²) in [6, 6.07) is 10.6. The third-order valence-corrected chi connectivity index (χ3v) is 3.62. The van der Waals surface area contributed by atoms with Gasteiger partial charge in [0.05, 0.1) is 11.8 Å². The zero-order valence-electron chi connectivity index (χ0n) is 12.9. The first-order valence-corrected chi connectivity index (χ1v) is 7.46. The van der Waals surface area contributed by atoms with Gasteiger partial charge < -0.3 is 18.6 Å². The van der Waals surface area contributed by atoms with Crippen LogP contribution in [0.2, 0.25) is 0 Å². The maximum atomic E-state index is 12.9. The number of ether oxygens (including phenoxy) is 3. The van der Waals surface area contributed by atoms with Crippen LogP contribution in [0.1, 0.15) is 16.2 Å². The Balaban J connectivity index is 1.41. The molecule has 1 aliphatic rings. The molecule has 25 heavy (non-hydrogen) atoms. The summed E-state index contributed by atoms with van der Waals surface area (Å²) in [5, 5.41) is 0. The summed E-state index contributed by atoms with van der Waals surface area (Å²) in [5.74, 6) is 0.945. The van der Waals surface area contributed by atoms with Crippen LogP contribution in [0.3, 0.4) is 0 Å². The van der Waals surface area contributed by atoms with Crippen molar-refractivity contribution in [3.05, 3.63) is 65.9 Å². The predicted molar refractivity (Wildman–Crippen MR) is 83.6 cm³/mol. The van der Waals surface area contributed by atoms with E-state index in [0.29, 0.717) is 28.4 Å². The van der Waals surface area contributed by atoms with E-state index in [2.05, 4.69) is 4.98 Å². The summed E-state index contributed by atoms with van der Waals surface area (Å²) in [4.78, 5) is 16.2. The van der Waals surface area contributed by atoms with Crippen molar-refractivity contribution in [2.45, 2.75) is 6.61 Å². The van der Waals surface area contributed by atoms with Crippen molar-refractivity contribution >= 4 is 5.97 Å². The maximum absolute atomic E-state index is 12.9. The molecule has 1 aliphatic heterocycles. The molecule has 126 valence electrons. The second kappa shape index (κ2) is 6.27. The number of halogens is 1. The van der Waals surface area contributed by atoms with Crippen molar-refractivity contribution in [1.82, 2.24) is 4.98 Å². The van der Waals surface area contributed by atoms with Gasteiger partial charge in [0.2, 0.25) is 12.7 Å². The van der Waals surface area contributed by atoms with Crippen LogP contribution in [-0.4, -0.2) is 17.7 Å². The molecule has 0 spiro atoms. The monoisotopic (exact) mass is 341 g/mol. The van der Waals surface area contributed by atoms with Gasteiger partial charge >= 0.3 is 5.97 Å². The minimum atomic E-state index is -0.528. The fourth-order valence-corrected chi connectivity index (χ4v) is 2.36. The van der Waals surface area contributed by atoms with E-state index in [4.69, 9.17) is 18.6 Å². The van der Waals surface area contributed by atoms with Crippen molar-refractivity contribution in [1.29, 1.82) is 0 Å². The van der Waals surface area contributed by atoms with Gasteiger partial charge in [0, 0.05) is 5.56 Å². The van der Waals surface area contributed by atoms with Gasteiger partial charge in [-0.2, -0.15) is 0 Å².